The van der Waals surface area contributed by atoms with Crippen molar-refractivity contribution >= 4 is 29.0 Å². The van der Waals surface area contributed by atoms with E-state index in [-0.39, 0.29) is 11.8 Å². The molecule has 0 aliphatic rings. The zero-order chi connectivity index (χ0) is 24.2. The Morgan fingerprint density at radius 2 is 1.70 bits per heavy atom. The van der Waals surface area contributed by atoms with Crippen LogP contribution in [0.5, 0.6) is 0 Å². The standard InChI is InChI=1S/C26H27N5O2/c1-17-12-13-20(28-24(32)18-8-6-9-19(14-18)26(2,3)16-27)15-22(17)30-25(33)21-10-7-11-23(29-21)31(4)5/h6-15H,1-5H3,(H,28,32)(H,30,33). The second kappa shape index (κ2) is 9.53. The Morgan fingerprint density at radius 3 is 2.39 bits per heavy atom. The number of nitriles is 1. The van der Waals surface area contributed by atoms with Gasteiger partial charge in [0.25, 0.3) is 11.8 Å². The Bertz CT molecular complexity index is 1240. The molecule has 33 heavy (non-hydrogen) atoms. The van der Waals surface area contributed by atoms with Crippen LogP contribution in [-0.4, -0.2) is 30.9 Å². The molecule has 2 aromatic carbocycles. The van der Waals surface area contributed by atoms with Crippen molar-refractivity contribution in [3.63, 3.8) is 0 Å². The fourth-order valence-corrected chi connectivity index (χ4v) is 3.14. The number of aryl methyl sites for hydroxylation is 1. The molecule has 0 fully saturated rings. The van der Waals surface area contributed by atoms with E-state index in [2.05, 4.69) is 21.7 Å². The Morgan fingerprint density at radius 1 is 0.970 bits per heavy atom. The zero-order valence-electron chi connectivity index (χ0n) is 19.4. The molecule has 0 saturated heterocycles. The molecule has 7 nitrogen and oxygen atoms in total. The first kappa shape index (κ1) is 23.5. The van der Waals surface area contributed by atoms with E-state index in [0.29, 0.717) is 28.5 Å². The van der Waals surface area contributed by atoms with Gasteiger partial charge in [-0.05, 0) is 68.3 Å². The molecule has 0 spiro atoms. The van der Waals surface area contributed by atoms with Gasteiger partial charge in [-0.15, -0.1) is 0 Å². The first-order valence-corrected chi connectivity index (χ1v) is 10.5. The van der Waals surface area contributed by atoms with Crippen LogP contribution in [0.2, 0.25) is 0 Å². The smallest absolute Gasteiger partial charge is 0.274 e. The maximum Gasteiger partial charge on any atom is 0.274 e. The van der Waals surface area contributed by atoms with Crippen LogP contribution >= 0.6 is 0 Å². The average molecular weight is 442 g/mol. The first-order chi connectivity index (χ1) is 15.6. The number of hydrogen-bond donors (Lipinski definition) is 2. The van der Waals surface area contributed by atoms with Gasteiger partial charge in [0.2, 0.25) is 0 Å². The maximum atomic E-state index is 12.8. The predicted molar refractivity (Wildman–Crippen MR) is 131 cm³/mol. The highest BCUT2D eigenvalue weighted by atomic mass is 16.2. The fourth-order valence-electron chi connectivity index (χ4n) is 3.14. The molecule has 0 unspecified atom stereocenters. The monoisotopic (exact) mass is 441 g/mol. The lowest BCUT2D eigenvalue weighted by molar-refractivity contribution is 0.101. The van der Waals surface area contributed by atoms with E-state index in [1.54, 1.807) is 42.5 Å². The topological polar surface area (TPSA) is 98.1 Å². The van der Waals surface area contributed by atoms with Crippen LogP contribution in [0.1, 0.15) is 45.8 Å². The Hall–Kier alpha value is -4.18. The number of carbonyl (C=O) groups excluding carboxylic acids is 2. The van der Waals surface area contributed by atoms with Crippen molar-refractivity contribution in [1.82, 2.24) is 4.98 Å². The molecule has 168 valence electrons. The summed E-state index contributed by atoms with van der Waals surface area (Å²) in [4.78, 5) is 31.8. The van der Waals surface area contributed by atoms with Gasteiger partial charge in [-0.25, -0.2) is 4.98 Å². The molecular formula is C26H27N5O2. The summed E-state index contributed by atoms with van der Waals surface area (Å²) in [6.07, 6.45) is 0. The first-order valence-electron chi connectivity index (χ1n) is 10.5. The number of pyridine rings is 1. The SMILES string of the molecule is Cc1ccc(NC(=O)c2cccc(C(C)(C)C#N)c2)cc1NC(=O)c1cccc(N(C)C)n1. The molecule has 0 saturated carbocycles. The van der Waals surface area contributed by atoms with Crippen LogP contribution in [0, 0.1) is 18.3 Å². The van der Waals surface area contributed by atoms with Crippen LogP contribution in [-0.2, 0) is 5.41 Å². The molecule has 3 aromatic rings. The van der Waals surface area contributed by atoms with E-state index >= 15 is 0 Å². The number of benzene rings is 2. The van der Waals surface area contributed by atoms with Crippen molar-refractivity contribution < 1.29 is 9.59 Å². The van der Waals surface area contributed by atoms with E-state index in [9.17, 15) is 14.9 Å². The number of aromatic nitrogens is 1. The van der Waals surface area contributed by atoms with Gasteiger partial charge in [0.05, 0.1) is 11.5 Å². The van der Waals surface area contributed by atoms with Crippen LogP contribution in [0.25, 0.3) is 0 Å². The van der Waals surface area contributed by atoms with Crippen molar-refractivity contribution in [3.05, 3.63) is 83.0 Å². The van der Waals surface area contributed by atoms with Gasteiger partial charge in [-0.1, -0.05) is 24.3 Å². The molecule has 0 aliphatic carbocycles. The van der Waals surface area contributed by atoms with Crippen molar-refractivity contribution in [3.8, 4) is 6.07 Å². The zero-order valence-corrected chi connectivity index (χ0v) is 19.4. The lowest BCUT2D eigenvalue weighted by atomic mass is 9.85. The van der Waals surface area contributed by atoms with E-state index < -0.39 is 5.41 Å². The molecule has 0 aliphatic heterocycles. The van der Waals surface area contributed by atoms with Crippen molar-refractivity contribution in [1.29, 1.82) is 5.26 Å². The highest BCUT2D eigenvalue weighted by Gasteiger charge is 2.21. The molecule has 2 N–H and O–H groups in total. The minimum absolute atomic E-state index is 0.298. The van der Waals surface area contributed by atoms with Gasteiger partial charge in [0.1, 0.15) is 11.5 Å². The van der Waals surface area contributed by atoms with Crippen LogP contribution in [0.4, 0.5) is 17.2 Å². The predicted octanol–water partition coefficient (Wildman–Crippen LogP) is 4.76. The molecule has 0 radical (unpaired) electrons. The van der Waals surface area contributed by atoms with Gasteiger partial charge in [0.15, 0.2) is 0 Å². The summed E-state index contributed by atoms with van der Waals surface area (Å²) in [5.74, 6) is 0.0472. The van der Waals surface area contributed by atoms with Crippen LogP contribution in [0.15, 0.2) is 60.7 Å². The molecule has 3 rings (SSSR count). The summed E-state index contributed by atoms with van der Waals surface area (Å²) in [6, 6.07) is 19.8. The van der Waals surface area contributed by atoms with Gasteiger partial charge >= 0.3 is 0 Å². The Labute approximate surface area is 194 Å². The normalized spacial score (nSPS) is 10.8. The highest BCUT2D eigenvalue weighted by molar-refractivity contribution is 6.06. The number of anilines is 3. The molecule has 0 atom stereocenters. The largest absolute Gasteiger partial charge is 0.363 e. The third-order valence-corrected chi connectivity index (χ3v) is 5.29. The van der Waals surface area contributed by atoms with E-state index in [4.69, 9.17) is 0 Å². The number of amides is 2. The van der Waals surface area contributed by atoms with Gasteiger partial charge in [-0.3, -0.25) is 9.59 Å². The third-order valence-electron chi connectivity index (χ3n) is 5.29. The van der Waals surface area contributed by atoms with Gasteiger partial charge in [0, 0.05) is 31.0 Å². The van der Waals surface area contributed by atoms with E-state index in [1.165, 1.54) is 0 Å². The van der Waals surface area contributed by atoms with Crippen molar-refractivity contribution in [2.45, 2.75) is 26.2 Å². The van der Waals surface area contributed by atoms with Crippen molar-refractivity contribution in [2.75, 3.05) is 29.6 Å². The fraction of sp³-hybridized carbons (Fsp3) is 0.231. The molecule has 1 aromatic heterocycles. The molecule has 2 amide bonds. The average Bonchev–Trinajstić information content (AvgIpc) is 2.81. The lowest BCUT2D eigenvalue weighted by Gasteiger charge is -2.17. The second-order valence-corrected chi connectivity index (χ2v) is 8.53. The van der Waals surface area contributed by atoms with Crippen molar-refractivity contribution in [2.24, 2.45) is 0 Å². The summed E-state index contributed by atoms with van der Waals surface area (Å²) in [7, 11) is 3.72. The summed E-state index contributed by atoms with van der Waals surface area (Å²) in [6.45, 7) is 5.49. The Balaban J connectivity index is 1.79. The lowest BCUT2D eigenvalue weighted by Crippen LogP contribution is -2.18. The number of nitrogens with zero attached hydrogens (tertiary/aromatic N) is 3. The van der Waals surface area contributed by atoms with E-state index in [1.807, 2.05) is 58.0 Å². The number of carbonyl (C=O) groups is 2. The Kier molecular flexibility index (Phi) is 6.78. The van der Waals surface area contributed by atoms with Gasteiger partial charge < -0.3 is 15.5 Å². The van der Waals surface area contributed by atoms with E-state index in [0.717, 1.165) is 11.1 Å². The number of nitrogens with one attached hydrogen (secondary N) is 2. The molecule has 0 bridgehead atoms. The number of rotatable bonds is 6. The maximum absolute atomic E-state index is 12.8. The van der Waals surface area contributed by atoms with Gasteiger partial charge in [-0.2, -0.15) is 5.26 Å². The molecule has 1 heterocycles. The number of hydrogen-bond acceptors (Lipinski definition) is 5. The molecular weight excluding hydrogens is 414 g/mol. The minimum atomic E-state index is -0.699. The highest BCUT2D eigenvalue weighted by Crippen LogP contribution is 2.25. The second-order valence-electron chi connectivity index (χ2n) is 8.53. The molecule has 7 heteroatoms. The minimum Gasteiger partial charge on any atom is -0.363 e. The summed E-state index contributed by atoms with van der Waals surface area (Å²) >= 11 is 0. The quantitative estimate of drug-likeness (QED) is 0.575. The third kappa shape index (κ3) is 5.55. The summed E-state index contributed by atoms with van der Waals surface area (Å²) < 4.78 is 0. The van der Waals surface area contributed by atoms with Crippen LogP contribution < -0.4 is 15.5 Å². The summed E-state index contributed by atoms with van der Waals surface area (Å²) in [5, 5.41) is 15.1. The van der Waals surface area contributed by atoms with Crippen LogP contribution in [0.3, 0.4) is 0 Å². The summed E-state index contributed by atoms with van der Waals surface area (Å²) in [5.41, 5.74) is 2.79.